The Morgan fingerprint density at radius 2 is 2.21 bits per heavy atom. The van der Waals surface area contributed by atoms with Crippen molar-refractivity contribution in [3.8, 4) is 0 Å². The van der Waals surface area contributed by atoms with Gasteiger partial charge in [-0.3, -0.25) is 14.6 Å². The summed E-state index contributed by atoms with van der Waals surface area (Å²) in [6, 6.07) is 3.05. The zero-order valence-electron chi connectivity index (χ0n) is 10.9. The zero-order valence-corrected chi connectivity index (χ0v) is 10.9. The van der Waals surface area contributed by atoms with E-state index in [1.807, 2.05) is 6.92 Å². The van der Waals surface area contributed by atoms with Crippen LogP contribution in [0, 0.1) is 5.92 Å². The van der Waals surface area contributed by atoms with Crippen molar-refractivity contribution in [2.45, 2.75) is 32.5 Å². The number of carbonyl (C=O) groups is 2. The number of aromatic nitrogens is 1. The van der Waals surface area contributed by atoms with Gasteiger partial charge in [0.25, 0.3) is 11.8 Å². The predicted molar refractivity (Wildman–Crippen MR) is 69.5 cm³/mol. The highest BCUT2D eigenvalue weighted by Crippen LogP contribution is 2.26. The number of nitrogens with one attached hydrogen (secondary N) is 1. The molecule has 2 heterocycles. The van der Waals surface area contributed by atoms with E-state index in [0.717, 1.165) is 0 Å². The van der Waals surface area contributed by atoms with E-state index < -0.39 is 12.0 Å². The van der Waals surface area contributed by atoms with Crippen LogP contribution in [0.1, 0.15) is 30.8 Å². The molecule has 1 aromatic rings. The molecule has 1 saturated heterocycles. The Bertz CT molecular complexity index is 494. The van der Waals surface area contributed by atoms with E-state index in [4.69, 9.17) is 10.5 Å². The number of nitrogens with zero attached hydrogens (tertiary/aromatic N) is 1. The molecule has 1 aromatic heterocycles. The van der Waals surface area contributed by atoms with Crippen LogP contribution < -0.4 is 11.1 Å². The molecule has 0 spiro atoms. The van der Waals surface area contributed by atoms with Crippen LogP contribution in [0.2, 0.25) is 0 Å². The fraction of sp³-hybridized carbons (Fsp3) is 0.462. The Morgan fingerprint density at radius 3 is 2.79 bits per heavy atom. The molecule has 3 N–H and O–H groups in total. The summed E-state index contributed by atoms with van der Waals surface area (Å²) in [5.74, 6) is -0.484. The van der Waals surface area contributed by atoms with Crippen LogP contribution in [0.4, 0.5) is 5.69 Å². The first-order valence-corrected chi connectivity index (χ1v) is 6.19. The van der Waals surface area contributed by atoms with Crippen molar-refractivity contribution in [3.63, 3.8) is 0 Å². The van der Waals surface area contributed by atoms with Crippen LogP contribution in [0.25, 0.3) is 0 Å². The summed E-state index contributed by atoms with van der Waals surface area (Å²) in [7, 11) is 0. The van der Waals surface area contributed by atoms with Gasteiger partial charge in [-0.1, -0.05) is 6.92 Å². The quantitative estimate of drug-likeness (QED) is 0.848. The summed E-state index contributed by atoms with van der Waals surface area (Å²) < 4.78 is 5.57. The van der Waals surface area contributed by atoms with Crippen LogP contribution >= 0.6 is 0 Å². The van der Waals surface area contributed by atoms with E-state index in [0.29, 0.717) is 18.0 Å². The van der Waals surface area contributed by atoms with Gasteiger partial charge in [0.05, 0.1) is 6.10 Å². The standard InChI is InChI=1S/C13H17N3O3/c1-7-5-11(19-8(7)2)13(18)16-9-3-4-15-10(6-9)12(14)17/h3-4,6-8,11H,5H2,1-2H3,(H2,14,17)(H,15,16,18). The first-order chi connectivity index (χ1) is 8.97. The van der Waals surface area contributed by atoms with E-state index in [1.54, 1.807) is 6.07 Å². The third-order valence-electron chi connectivity index (χ3n) is 3.34. The smallest absolute Gasteiger partial charge is 0.267 e. The van der Waals surface area contributed by atoms with Gasteiger partial charge in [0.2, 0.25) is 0 Å². The van der Waals surface area contributed by atoms with Gasteiger partial charge < -0.3 is 15.8 Å². The lowest BCUT2D eigenvalue weighted by atomic mass is 10.0. The molecule has 1 aliphatic rings. The van der Waals surface area contributed by atoms with Gasteiger partial charge in [-0.05, 0) is 31.4 Å². The number of hydrogen-bond donors (Lipinski definition) is 2. The fourth-order valence-electron chi connectivity index (χ4n) is 2.01. The molecule has 0 saturated carbocycles. The Morgan fingerprint density at radius 1 is 1.47 bits per heavy atom. The maximum Gasteiger partial charge on any atom is 0.267 e. The van der Waals surface area contributed by atoms with Crippen LogP contribution in [-0.4, -0.2) is 29.0 Å². The van der Waals surface area contributed by atoms with Gasteiger partial charge in [-0.15, -0.1) is 0 Å². The molecule has 0 aliphatic carbocycles. The summed E-state index contributed by atoms with van der Waals surface area (Å²) >= 11 is 0. The van der Waals surface area contributed by atoms with E-state index in [-0.39, 0.29) is 17.7 Å². The maximum absolute atomic E-state index is 12.0. The predicted octanol–water partition coefficient (Wildman–Crippen LogP) is 0.932. The first kappa shape index (κ1) is 13.5. The molecular weight excluding hydrogens is 246 g/mol. The molecule has 6 nitrogen and oxygen atoms in total. The molecule has 6 heteroatoms. The molecule has 3 unspecified atom stereocenters. The van der Waals surface area contributed by atoms with Gasteiger partial charge in [0.1, 0.15) is 11.8 Å². The molecule has 19 heavy (non-hydrogen) atoms. The van der Waals surface area contributed by atoms with Crippen LogP contribution in [-0.2, 0) is 9.53 Å². The number of amides is 2. The highest BCUT2D eigenvalue weighted by molar-refractivity contribution is 5.96. The molecule has 0 aromatic carbocycles. The summed E-state index contributed by atoms with van der Waals surface area (Å²) in [5.41, 5.74) is 5.74. The van der Waals surface area contributed by atoms with Crippen molar-refractivity contribution >= 4 is 17.5 Å². The topological polar surface area (TPSA) is 94.3 Å². The van der Waals surface area contributed by atoms with Crippen molar-refractivity contribution in [1.29, 1.82) is 0 Å². The molecule has 0 bridgehead atoms. The van der Waals surface area contributed by atoms with Crippen molar-refractivity contribution in [2.75, 3.05) is 5.32 Å². The maximum atomic E-state index is 12.0. The number of carbonyl (C=O) groups excluding carboxylic acids is 2. The number of hydrogen-bond acceptors (Lipinski definition) is 4. The Hall–Kier alpha value is -1.95. The number of nitrogens with two attached hydrogens (primary N) is 1. The lowest BCUT2D eigenvalue weighted by Gasteiger charge is -2.11. The highest BCUT2D eigenvalue weighted by Gasteiger charge is 2.33. The van der Waals surface area contributed by atoms with Crippen LogP contribution in [0.15, 0.2) is 18.3 Å². The normalized spacial score (nSPS) is 26.1. The second kappa shape index (κ2) is 5.36. The van der Waals surface area contributed by atoms with E-state index >= 15 is 0 Å². The number of anilines is 1. The minimum atomic E-state index is -0.629. The van der Waals surface area contributed by atoms with Gasteiger partial charge in [-0.25, -0.2) is 0 Å². The van der Waals surface area contributed by atoms with Crippen molar-refractivity contribution < 1.29 is 14.3 Å². The molecular formula is C13H17N3O3. The lowest BCUT2D eigenvalue weighted by molar-refractivity contribution is -0.126. The number of primary amides is 1. The minimum Gasteiger partial charge on any atom is -0.365 e. The van der Waals surface area contributed by atoms with Gasteiger partial charge >= 0.3 is 0 Å². The zero-order chi connectivity index (χ0) is 14.0. The van der Waals surface area contributed by atoms with E-state index in [9.17, 15) is 9.59 Å². The van der Waals surface area contributed by atoms with Gasteiger partial charge in [0.15, 0.2) is 0 Å². The van der Waals surface area contributed by atoms with E-state index in [1.165, 1.54) is 12.3 Å². The molecule has 2 rings (SSSR count). The summed E-state index contributed by atoms with van der Waals surface area (Å²) in [6.45, 7) is 4.01. The third-order valence-corrected chi connectivity index (χ3v) is 3.34. The molecule has 2 amide bonds. The molecule has 1 fully saturated rings. The Labute approximate surface area is 111 Å². The van der Waals surface area contributed by atoms with Crippen molar-refractivity contribution in [1.82, 2.24) is 4.98 Å². The van der Waals surface area contributed by atoms with Crippen LogP contribution in [0.5, 0.6) is 0 Å². The molecule has 3 atom stereocenters. The van der Waals surface area contributed by atoms with Gasteiger partial charge in [-0.2, -0.15) is 0 Å². The summed E-state index contributed by atoms with van der Waals surface area (Å²) in [5, 5.41) is 2.71. The average molecular weight is 263 g/mol. The summed E-state index contributed by atoms with van der Waals surface area (Å²) in [4.78, 5) is 26.8. The largest absolute Gasteiger partial charge is 0.365 e. The van der Waals surface area contributed by atoms with Crippen molar-refractivity contribution in [2.24, 2.45) is 11.7 Å². The van der Waals surface area contributed by atoms with Crippen LogP contribution in [0.3, 0.4) is 0 Å². The number of ether oxygens (including phenoxy) is 1. The monoisotopic (exact) mass is 263 g/mol. The fourth-order valence-corrected chi connectivity index (χ4v) is 2.01. The molecule has 102 valence electrons. The lowest BCUT2D eigenvalue weighted by Crippen LogP contribution is -2.28. The second-order valence-corrected chi connectivity index (χ2v) is 4.83. The Balaban J connectivity index is 2.03. The Kier molecular flexibility index (Phi) is 3.80. The molecule has 0 radical (unpaired) electrons. The molecule has 1 aliphatic heterocycles. The minimum absolute atomic E-state index is 0.0781. The van der Waals surface area contributed by atoms with E-state index in [2.05, 4.69) is 17.2 Å². The highest BCUT2D eigenvalue weighted by atomic mass is 16.5. The average Bonchev–Trinajstić information content (AvgIpc) is 2.70. The third kappa shape index (κ3) is 3.08. The van der Waals surface area contributed by atoms with Crippen molar-refractivity contribution in [3.05, 3.63) is 24.0 Å². The first-order valence-electron chi connectivity index (χ1n) is 6.19. The number of rotatable bonds is 3. The number of pyridine rings is 1. The van der Waals surface area contributed by atoms with Gasteiger partial charge in [0, 0.05) is 11.9 Å². The summed E-state index contributed by atoms with van der Waals surface area (Å²) in [6.07, 6.45) is 1.75. The SMILES string of the molecule is CC1CC(C(=O)Nc2ccnc(C(N)=O)c2)OC1C. The second-order valence-electron chi connectivity index (χ2n) is 4.83.